The van der Waals surface area contributed by atoms with Crippen LogP contribution in [0.5, 0.6) is 0 Å². The largest absolute Gasteiger partial charge is 0.314 e. The number of pyridine rings is 1. The van der Waals surface area contributed by atoms with Crippen LogP contribution in [0.1, 0.15) is 25.3 Å². The van der Waals surface area contributed by atoms with Crippen molar-refractivity contribution in [3.05, 3.63) is 42.7 Å². The molecule has 0 amide bonds. The summed E-state index contributed by atoms with van der Waals surface area (Å²) in [6, 6.07) is 4.66. The number of hydrogen-bond acceptors (Lipinski definition) is 2. The van der Waals surface area contributed by atoms with Gasteiger partial charge in [0.25, 0.3) is 0 Å². The Kier molecular flexibility index (Phi) is 5.71. The molecule has 1 atom stereocenters. The van der Waals surface area contributed by atoms with Gasteiger partial charge in [0.15, 0.2) is 0 Å². The van der Waals surface area contributed by atoms with Gasteiger partial charge >= 0.3 is 0 Å². The van der Waals surface area contributed by atoms with Crippen LogP contribution in [0.25, 0.3) is 0 Å². The van der Waals surface area contributed by atoms with E-state index >= 15 is 0 Å². The molecular formula is C13H20N2. The van der Waals surface area contributed by atoms with Crippen molar-refractivity contribution in [1.29, 1.82) is 0 Å². The van der Waals surface area contributed by atoms with Gasteiger partial charge in [0, 0.05) is 18.4 Å². The number of nitrogens with one attached hydrogen (secondary N) is 1. The molecule has 0 aliphatic rings. The van der Waals surface area contributed by atoms with Crippen LogP contribution in [0.3, 0.4) is 0 Å². The van der Waals surface area contributed by atoms with Gasteiger partial charge in [-0.25, -0.2) is 0 Å². The van der Waals surface area contributed by atoms with Gasteiger partial charge in [0.05, 0.1) is 0 Å². The summed E-state index contributed by atoms with van der Waals surface area (Å²) in [7, 11) is 0. The average Bonchev–Trinajstić information content (AvgIpc) is 2.28. The molecule has 1 heterocycles. The minimum atomic E-state index is 0.539. The highest BCUT2D eigenvalue weighted by molar-refractivity contribution is 5.10. The molecule has 0 aromatic carbocycles. The van der Waals surface area contributed by atoms with Crippen molar-refractivity contribution in [3.8, 4) is 0 Å². The first kappa shape index (κ1) is 11.9. The third-order valence-electron chi connectivity index (χ3n) is 2.42. The van der Waals surface area contributed by atoms with Crippen LogP contribution in [-0.4, -0.2) is 17.6 Å². The summed E-state index contributed by atoms with van der Waals surface area (Å²) in [5.74, 6) is 0. The average molecular weight is 204 g/mol. The van der Waals surface area contributed by atoms with E-state index < -0.39 is 0 Å². The summed E-state index contributed by atoms with van der Waals surface area (Å²) in [4.78, 5) is 4.13. The first-order valence-electron chi connectivity index (χ1n) is 5.60. The monoisotopic (exact) mass is 204 g/mol. The number of allylic oxidation sites excluding steroid dienone is 1. The molecule has 0 radical (unpaired) electrons. The second-order valence-electron chi connectivity index (χ2n) is 3.69. The van der Waals surface area contributed by atoms with Gasteiger partial charge in [-0.05, 0) is 37.4 Å². The zero-order chi connectivity index (χ0) is 10.9. The number of rotatable bonds is 7. The van der Waals surface area contributed by atoms with E-state index in [1.54, 1.807) is 0 Å². The van der Waals surface area contributed by atoms with Crippen LogP contribution in [0.15, 0.2) is 37.2 Å². The van der Waals surface area contributed by atoms with Crippen molar-refractivity contribution < 1.29 is 0 Å². The lowest BCUT2D eigenvalue weighted by Gasteiger charge is -2.16. The minimum absolute atomic E-state index is 0.539. The van der Waals surface area contributed by atoms with E-state index in [4.69, 9.17) is 0 Å². The summed E-state index contributed by atoms with van der Waals surface area (Å²) in [5.41, 5.74) is 1.30. The van der Waals surface area contributed by atoms with E-state index in [1.165, 1.54) is 5.56 Å². The topological polar surface area (TPSA) is 24.9 Å². The fraction of sp³-hybridized carbons (Fsp3) is 0.462. The SMILES string of the molecule is C=CCCC(Cc1cccnc1)NCC. The summed E-state index contributed by atoms with van der Waals surface area (Å²) in [5, 5.41) is 3.49. The van der Waals surface area contributed by atoms with Gasteiger partial charge in [-0.3, -0.25) is 4.98 Å². The normalized spacial score (nSPS) is 12.3. The quantitative estimate of drug-likeness (QED) is 0.690. The fourth-order valence-electron chi connectivity index (χ4n) is 1.69. The molecule has 0 aliphatic carbocycles. The Hall–Kier alpha value is -1.15. The Bertz CT molecular complexity index is 269. The fourth-order valence-corrected chi connectivity index (χ4v) is 1.69. The molecule has 0 saturated heterocycles. The second-order valence-corrected chi connectivity index (χ2v) is 3.69. The summed E-state index contributed by atoms with van der Waals surface area (Å²) in [6.07, 6.45) is 9.00. The van der Waals surface area contributed by atoms with Crippen LogP contribution in [-0.2, 0) is 6.42 Å². The molecule has 1 rings (SSSR count). The molecule has 15 heavy (non-hydrogen) atoms. The Morgan fingerprint density at radius 2 is 2.47 bits per heavy atom. The number of nitrogens with zero attached hydrogens (tertiary/aromatic N) is 1. The van der Waals surface area contributed by atoms with Gasteiger partial charge in [0.1, 0.15) is 0 Å². The van der Waals surface area contributed by atoms with Gasteiger partial charge in [-0.1, -0.05) is 19.1 Å². The third-order valence-corrected chi connectivity index (χ3v) is 2.42. The molecule has 1 N–H and O–H groups in total. The molecule has 1 aromatic rings. The molecule has 0 fully saturated rings. The lowest BCUT2D eigenvalue weighted by molar-refractivity contribution is 0.494. The molecule has 2 nitrogen and oxygen atoms in total. The molecule has 0 saturated carbocycles. The van der Waals surface area contributed by atoms with E-state index in [-0.39, 0.29) is 0 Å². The summed E-state index contributed by atoms with van der Waals surface area (Å²) in [6.45, 7) is 6.92. The molecule has 0 spiro atoms. The predicted octanol–water partition coefficient (Wildman–Crippen LogP) is 2.57. The standard InChI is InChI=1S/C13H20N2/c1-3-5-8-13(15-4-2)10-12-7-6-9-14-11-12/h3,6-7,9,11,13,15H,1,4-5,8,10H2,2H3. The highest BCUT2D eigenvalue weighted by atomic mass is 14.9. The lowest BCUT2D eigenvalue weighted by Crippen LogP contribution is -2.30. The highest BCUT2D eigenvalue weighted by Gasteiger charge is 2.06. The van der Waals surface area contributed by atoms with Gasteiger partial charge in [-0.15, -0.1) is 6.58 Å². The molecule has 0 bridgehead atoms. The zero-order valence-electron chi connectivity index (χ0n) is 9.45. The number of hydrogen-bond donors (Lipinski definition) is 1. The van der Waals surface area contributed by atoms with Crippen LogP contribution < -0.4 is 5.32 Å². The van der Waals surface area contributed by atoms with Crippen LogP contribution >= 0.6 is 0 Å². The molecule has 2 heteroatoms. The molecular weight excluding hydrogens is 184 g/mol. The highest BCUT2D eigenvalue weighted by Crippen LogP contribution is 2.06. The lowest BCUT2D eigenvalue weighted by atomic mass is 10.0. The maximum atomic E-state index is 4.13. The van der Waals surface area contributed by atoms with E-state index in [2.05, 4.69) is 29.9 Å². The summed E-state index contributed by atoms with van der Waals surface area (Å²) >= 11 is 0. The number of aromatic nitrogens is 1. The Balaban J connectivity index is 2.46. The zero-order valence-corrected chi connectivity index (χ0v) is 9.45. The van der Waals surface area contributed by atoms with Crippen LogP contribution in [0.4, 0.5) is 0 Å². The van der Waals surface area contributed by atoms with Gasteiger partial charge in [-0.2, -0.15) is 0 Å². The van der Waals surface area contributed by atoms with E-state index in [0.29, 0.717) is 6.04 Å². The van der Waals surface area contributed by atoms with Crippen molar-refractivity contribution in [2.45, 2.75) is 32.2 Å². The van der Waals surface area contributed by atoms with E-state index in [0.717, 1.165) is 25.8 Å². The van der Waals surface area contributed by atoms with Crippen molar-refractivity contribution in [1.82, 2.24) is 10.3 Å². The maximum Gasteiger partial charge on any atom is 0.0300 e. The number of likely N-dealkylation sites (N-methyl/N-ethyl adjacent to an activating group) is 1. The molecule has 0 aliphatic heterocycles. The van der Waals surface area contributed by atoms with Crippen LogP contribution in [0, 0.1) is 0 Å². The van der Waals surface area contributed by atoms with Crippen molar-refractivity contribution in [3.63, 3.8) is 0 Å². The minimum Gasteiger partial charge on any atom is -0.314 e. The molecule has 82 valence electrons. The second kappa shape index (κ2) is 7.18. The Labute approximate surface area is 92.4 Å². The van der Waals surface area contributed by atoms with Crippen molar-refractivity contribution in [2.75, 3.05) is 6.54 Å². The van der Waals surface area contributed by atoms with Crippen molar-refractivity contribution >= 4 is 0 Å². The third kappa shape index (κ3) is 4.75. The summed E-state index contributed by atoms with van der Waals surface area (Å²) < 4.78 is 0. The first-order chi connectivity index (χ1) is 7.36. The first-order valence-corrected chi connectivity index (χ1v) is 5.60. The van der Waals surface area contributed by atoms with Crippen LogP contribution in [0.2, 0.25) is 0 Å². The van der Waals surface area contributed by atoms with Gasteiger partial charge in [0.2, 0.25) is 0 Å². The van der Waals surface area contributed by atoms with E-state index in [9.17, 15) is 0 Å². The Morgan fingerprint density at radius 1 is 1.60 bits per heavy atom. The maximum absolute atomic E-state index is 4.13. The van der Waals surface area contributed by atoms with Crippen molar-refractivity contribution in [2.24, 2.45) is 0 Å². The van der Waals surface area contributed by atoms with E-state index in [1.807, 2.05) is 24.5 Å². The predicted molar refractivity (Wildman–Crippen MR) is 64.8 cm³/mol. The molecule has 1 aromatic heterocycles. The molecule has 1 unspecified atom stereocenters. The Morgan fingerprint density at radius 3 is 3.07 bits per heavy atom. The smallest absolute Gasteiger partial charge is 0.0300 e. The van der Waals surface area contributed by atoms with Gasteiger partial charge < -0.3 is 5.32 Å².